The molecule has 1 aromatic carbocycles. The van der Waals surface area contributed by atoms with Gasteiger partial charge in [0.25, 0.3) is 0 Å². The molecule has 0 saturated carbocycles. The third-order valence-electron chi connectivity index (χ3n) is 2.40. The third-order valence-corrected chi connectivity index (χ3v) is 3.02. The molecule has 2 rings (SSSR count). The van der Waals surface area contributed by atoms with Crippen molar-refractivity contribution < 1.29 is 22.6 Å². The molecule has 0 fully saturated rings. The summed E-state index contributed by atoms with van der Waals surface area (Å²) >= 11 is 3.00. The van der Waals surface area contributed by atoms with Crippen molar-refractivity contribution in [2.45, 2.75) is 12.9 Å². The Kier molecular flexibility index (Phi) is 4.69. The van der Waals surface area contributed by atoms with E-state index in [1.54, 1.807) is 18.3 Å². The van der Waals surface area contributed by atoms with Crippen LogP contribution in [0.15, 0.2) is 41.0 Å². The van der Waals surface area contributed by atoms with Crippen LogP contribution in [0.2, 0.25) is 0 Å². The van der Waals surface area contributed by atoms with Gasteiger partial charge in [-0.15, -0.1) is 13.2 Å². The Morgan fingerprint density at radius 2 is 1.95 bits per heavy atom. The van der Waals surface area contributed by atoms with Gasteiger partial charge in [-0.3, -0.25) is 4.98 Å². The van der Waals surface area contributed by atoms with Crippen LogP contribution in [0.1, 0.15) is 5.69 Å². The van der Waals surface area contributed by atoms with Crippen LogP contribution in [0.4, 0.5) is 13.2 Å². The highest BCUT2D eigenvalue weighted by Crippen LogP contribution is 2.35. The van der Waals surface area contributed by atoms with Crippen LogP contribution in [-0.4, -0.2) is 11.3 Å². The minimum atomic E-state index is -4.75. The van der Waals surface area contributed by atoms with Crippen molar-refractivity contribution in [3.63, 3.8) is 0 Å². The maximum atomic E-state index is 12.2. The number of ether oxygens (including phenoxy) is 2. The van der Waals surface area contributed by atoms with Crippen LogP contribution in [0.25, 0.3) is 0 Å². The van der Waals surface area contributed by atoms with Crippen molar-refractivity contribution in [2.75, 3.05) is 0 Å². The molecule has 1 heterocycles. The van der Waals surface area contributed by atoms with Crippen LogP contribution in [-0.2, 0) is 6.54 Å². The predicted molar refractivity (Wildman–Crippen MR) is 73.0 cm³/mol. The summed E-state index contributed by atoms with van der Waals surface area (Å²) in [6.45, 7) is 0.187. The molecule has 0 aliphatic heterocycles. The van der Waals surface area contributed by atoms with E-state index in [0.717, 1.165) is 6.07 Å². The number of hydrogen-bond acceptors (Lipinski definition) is 4. The Morgan fingerprint density at radius 3 is 2.57 bits per heavy atom. The number of pyridine rings is 1. The topological polar surface area (TPSA) is 57.4 Å². The van der Waals surface area contributed by atoms with E-state index in [9.17, 15) is 13.2 Å². The molecule has 0 aliphatic rings. The van der Waals surface area contributed by atoms with E-state index in [4.69, 9.17) is 10.5 Å². The van der Waals surface area contributed by atoms with E-state index in [0.29, 0.717) is 17.2 Å². The van der Waals surface area contributed by atoms with Crippen LogP contribution in [0.3, 0.4) is 0 Å². The second-order valence-electron chi connectivity index (χ2n) is 3.89. The van der Waals surface area contributed by atoms with Crippen LogP contribution in [0, 0.1) is 0 Å². The molecule has 0 saturated heterocycles. The summed E-state index contributed by atoms with van der Waals surface area (Å²) in [5.41, 5.74) is 6.08. The highest BCUT2D eigenvalue weighted by Gasteiger charge is 2.32. The molecule has 8 heteroatoms. The molecular weight excluding hydrogens is 353 g/mol. The molecule has 21 heavy (non-hydrogen) atoms. The first-order valence-corrected chi connectivity index (χ1v) is 6.55. The Morgan fingerprint density at radius 1 is 1.19 bits per heavy atom. The van der Waals surface area contributed by atoms with Crippen LogP contribution < -0.4 is 15.2 Å². The lowest BCUT2D eigenvalue weighted by Gasteiger charge is -2.13. The van der Waals surface area contributed by atoms with Gasteiger partial charge >= 0.3 is 6.36 Å². The fraction of sp³-hybridized carbons (Fsp3) is 0.154. The van der Waals surface area contributed by atoms with E-state index in [1.807, 2.05) is 0 Å². The van der Waals surface area contributed by atoms with Gasteiger partial charge in [-0.1, -0.05) is 0 Å². The van der Waals surface area contributed by atoms with Gasteiger partial charge in [0.2, 0.25) is 0 Å². The van der Waals surface area contributed by atoms with Crippen LogP contribution in [0.5, 0.6) is 17.2 Å². The molecule has 4 nitrogen and oxygen atoms in total. The summed E-state index contributed by atoms with van der Waals surface area (Å²) in [4.78, 5) is 4.05. The van der Waals surface area contributed by atoms with Gasteiger partial charge in [0, 0.05) is 12.7 Å². The molecule has 0 aliphatic carbocycles. The molecule has 1 aromatic heterocycles. The van der Waals surface area contributed by atoms with E-state index >= 15 is 0 Å². The zero-order valence-electron chi connectivity index (χ0n) is 10.5. The number of benzene rings is 1. The Hall–Kier alpha value is -1.80. The maximum Gasteiger partial charge on any atom is 0.573 e. The van der Waals surface area contributed by atoms with Gasteiger partial charge in [0.05, 0.1) is 10.2 Å². The third kappa shape index (κ3) is 4.33. The molecule has 112 valence electrons. The van der Waals surface area contributed by atoms with Crippen molar-refractivity contribution in [3.05, 3.63) is 46.7 Å². The quantitative estimate of drug-likeness (QED) is 0.893. The van der Waals surface area contributed by atoms with Crippen molar-refractivity contribution in [1.82, 2.24) is 4.98 Å². The number of hydrogen-bond donors (Lipinski definition) is 1. The van der Waals surface area contributed by atoms with Crippen molar-refractivity contribution in [1.29, 1.82) is 0 Å². The van der Waals surface area contributed by atoms with E-state index in [2.05, 4.69) is 25.7 Å². The average molecular weight is 363 g/mol. The summed E-state index contributed by atoms with van der Waals surface area (Å²) in [5.74, 6) is 0.426. The lowest BCUT2D eigenvalue weighted by atomic mass is 10.3. The second kappa shape index (κ2) is 6.31. The van der Waals surface area contributed by atoms with Crippen molar-refractivity contribution in [3.8, 4) is 17.2 Å². The van der Waals surface area contributed by atoms with E-state index in [-0.39, 0.29) is 16.8 Å². The minimum absolute atomic E-state index is 0.121. The number of aromatic nitrogens is 1. The maximum absolute atomic E-state index is 12.2. The van der Waals surface area contributed by atoms with Crippen molar-refractivity contribution >= 4 is 15.9 Å². The molecule has 0 spiro atoms. The normalized spacial score (nSPS) is 11.3. The summed E-state index contributed by atoms with van der Waals surface area (Å²) in [6, 6.07) is 7.23. The zero-order valence-corrected chi connectivity index (χ0v) is 12.1. The second-order valence-corrected chi connectivity index (χ2v) is 4.75. The molecule has 2 N–H and O–H groups in total. The molecule has 0 atom stereocenters. The van der Waals surface area contributed by atoms with E-state index < -0.39 is 6.36 Å². The minimum Gasteiger partial charge on any atom is -0.455 e. The number of alkyl halides is 3. The van der Waals surface area contributed by atoms with Gasteiger partial charge < -0.3 is 15.2 Å². The molecule has 0 unspecified atom stereocenters. The summed E-state index contributed by atoms with van der Waals surface area (Å²) in [5, 5.41) is 0. The van der Waals surface area contributed by atoms with E-state index in [1.165, 1.54) is 12.1 Å². The van der Waals surface area contributed by atoms with Crippen molar-refractivity contribution in [2.24, 2.45) is 5.73 Å². The summed E-state index contributed by atoms with van der Waals surface area (Å²) in [6.07, 6.45) is -3.17. The number of nitrogens with zero attached hydrogens (tertiary/aromatic N) is 1. The Balaban J connectivity index is 2.21. The SMILES string of the molecule is NCc1ncccc1Oc1ccc(OC(F)(F)F)c(Br)c1. The first-order chi connectivity index (χ1) is 9.89. The smallest absolute Gasteiger partial charge is 0.455 e. The highest BCUT2D eigenvalue weighted by molar-refractivity contribution is 9.10. The monoisotopic (exact) mass is 362 g/mol. The molecule has 0 radical (unpaired) electrons. The summed E-state index contributed by atoms with van der Waals surface area (Å²) < 4.78 is 46.0. The molecule has 0 amide bonds. The lowest BCUT2D eigenvalue weighted by Crippen LogP contribution is -2.17. The molecule has 2 aromatic rings. The predicted octanol–water partition coefficient (Wildman–Crippen LogP) is 3.99. The molecule has 0 bridgehead atoms. The largest absolute Gasteiger partial charge is 0.573 e. The fourth-order valence-corrected chi connectivity index (χ4v) is 1.99. The number of halogens is 4. The highest BCUT2D eigenvalue weighted by atomic mass is 79.9. The summed E-state index contributed by atoms with van der Waals surface area (Å²) in [7, 11) is 0. The van der Waals surface area contributed by atoms with Gasteiger partial charge in [-0.05, 0) is 46.3 Å². The fourth-order valence-electron chi connectivity index (χ4n) is 1.55. The molecular formula is C13H10BrF3N2O2. The Bertz CT molecular complexity index is 635. The van der Waals surface area contributed by atoms with Gasteiger partial charge in [0.1, 0.15) is 17.2 Å². The number of rotatable bonds is 4. The zero-order chi connectivity index (χ0) is 15.5. The number of nitrogens with two attached hydrogens (primary N) is 1. The van der Waals surface area contributed by atoms with Gasteiger partial charge in [-0.2, -0.15) is 0 Å². The first-order valence-electron chi connectivity index (χ1n) is 5.76. The first kappa shape index (κ1) is 15.6. The average Bonchev–Trinajstić information content (AvgIpc) is 2.41. The van der Waals surface area contributed by atoms with Crippen LogP contribution >= 0.6 is 15.9 Å². The van der Waals surface area contributed by atoms with Gasteiger partial charge in [0.15, 0.2) is 0 Å². The Labute approximate surface area is 126 Å². The van der Waals surface area contributed by atoms with Gasteiger partial charge in [-0.25, -0.2) is 0 Å². The standard InChI is InChI=1S/C13H10BrF3N2O2/c14-9-6-8(3-4-11(9)21-13(15,16)17)20-12-2-1-5-19-10(12)7-18/h1-6H,7,18H2. The lowest BCUT2D eigenvalue weighted by molar-refractivity contribution is -0.274.